The quantitative estimate of drug-likeness (QED) is 0.817. The Bertz CT molecular complexity index is 532. The highest BCUT2D eigenvalue weighted by molar-refractivity contribution is 5.79. The van der Waals surface area contributed by atoms with Crippen LogP contribution in [0.3, 0.4) is 0 Å². The van der Waals surface area contributed by atoms with E-state index in [2.05, 4.69) is 25.3 Å². The average Bonchev–Trinajstić information content (AvgIpc) is 2.85. The molecule has 0 spiro atoms. The lowest BCUT2D eigenvalue weighted by molar-refractivity contribution is -0.347. The number of fused-ring (bicyclic) bond motifs is 1. The van der Waals surface area contributed by atoms with Gasteiger partial charge in [0.15, 0.2) is 12.1 Å². The second kappa shape index (κ2) is 4.88. The molecule has 0 radical (unpaired) electrons. The zero-order valence-corrected chi connectivity index (χ0v) is 10.2. The van der Waals surface area contributed by atoms with E-state index in [1.165, 1.54) is 32.1 Å². The molecule has 6 heteroatoms. The van der Waals surface area contributed by atoms with Gasteiger partial charge in [-0.1, -0.05) is 19.3 Å². The highest BCUT2D eigenvalue weighted by atomic mass is 19.1. The maximum Gasteiger partial charge on any atom is 0.386 e. The van der Waals surface area contributed by atoms with Gasteiger partial charge in [-0.3, -0.25) is 4.98 Å². The standard InChI is InChI=1S/C12H16FN5/c13-12-17-10(9-11(18-12)16-7-15-9)14-6-8-4-2-1-3-5-8/h7-8H,1-6H2,(H2,14,15,16,17,18)/p+1. The molecule has 1 fully saturated rings. The van der Waals surface area contributed by atoms with Crippen molar-refractivity contribution in [1.29, 1.82) is 0 Å². The molecule has 0 amide bonds. The first-order chi connectivity index (χ1) is 8.83. The molecule has 1 aliphatic rings. The number of halogens is 1. The first-order valence-corrected chi connectivity index (χ1v) is 6.49. The van der Waals surface area contributed by atoms with Crippen molar-refractivity contribution in [2.24, 2.45) is 5.92 Å². The average molecular weight is 250 g/mol. The van der Waals surface area contributed by atoms with Crippen molar-refractivity contribution < 1.29 is 9.37 Å². The summed E-state index contributed by atoms with van der Waals surface area (Å²) in [5.74, 6) is 1.22. The number of aromatic amines is 2. The Labute approximate surface area is 104 Å². The van der Waals surface area contributed by atoms with Gasteiger partial charge in [-0.25, -0.2) is 4.98 Å². The molecule has 2 heterocycles. The fraction of sp³-hybridized carbons (Fsp3) is 0.583. The van der Waals surface area contributed by atoms with Crippen LogP contribution in [-0.4, -0.2) is 21.5 Å². The van der Waals surface area contributed by atoms with Crippen LogP contribution in [0.4, 0.5) is 10.2 Å². The van der Waals surface area contributed by atoms with E-state index in [1.807, 2.05) is 0 Å². The lowest BCUT2D eigenvalue weighted by Crippen LogP contribution is -2.18. The third-order valence-electron chi connectivity index (χ3n) is 3.59. The fourth-order valence-electron chi connectivity index (χ4n) is 2.61. The summed E-state index contributed by atoms with van der Waals surface area (Å²) in [6, 6.07) is 0. The molecule has 0 bridgehead atoms. The van der Waals surface area contributed by atoms with Crippen LogP contribution in [0.25, 0.3) is 11.2 Å². The summed E-state index contributed by atoms with van der Waals surface area (Å²) in [6.07, 6.45) is 7.37. The van der Waals surface area contributed by atoms with Crippen molar-refractivity contribution in [3.05, 3.63) is 12.4 Å². The van der Waals surface area contributed by atoms with Gasteiger partial charge in [-0.15, -0.1) is 4.39 Å². The van der Waals surface area contributed by atoms with Gasteiger partial charge in [0.2, 0.25) is 5.52 Å². The summed E-state index contributed by atoms with van der Waals surface area (Å²) in [6.45, 7) is 0.852. The smallest absolute Gasteiger partial charge is 0.366 e. The Hall–Kier alpha value is -1.72. The van der Waals surface area contributed by atoms with Gasteiger partial charge in [0.1, 0.15) is 0 Å². The van der Waals surface area contributed by atoms with Crippen LogP contribution in [-0.2, 0) is 0 Å². The van der Waals surface area contributed by atoms with Crippen LogP contribution >= 0.6 is 0 Å². The normalized spacial score (nSPS) is 17.2. The van der Waals surface area contributed by atoms with E-state index in [1.54, 1.807) is 6.33 Å². The summed E-state index contributed by atoms with van der Waals surface area (Å²) in [4.78, 5) is 13.3. The summed E-state index contributed by atoms with van der Waals surface area (Å²) >= 11 is 0. The predicted octanol–water partition coefficient (Wildman–Crippen LogP) is 1.90. The third kappa shape index (κ3) is 2.27. The lowest BCUT2D eigenvalue weighted by Gasteiger charge is -2.21. The Morgan fingerprint density at radius 1 is 1.33 bits per heavy atom. The number of hydrogen-bond donors (Lipinski definition) is 2. The van der Waals surface area contributed by atoms with Gasteiger partial charge in [0, 0.05) is 6.54 Å². The molecule has 0 aliphatic heterocycles. The molecule has 0 aromatic carbocycles. The monoisotopic (exact) mass is 250 g/mol. The summed E-state index contributed by atoms with van der Waals surface area (Å²) < 4.78 is 13.2. The van der Waals surface area contributed by atoms with E-state index >= 15 is 0 Å². The summed E-state index contributed by atoms with van der Waals surface area (Å²) in [7, 11) is 0. The SMILES string of the molecule is Fc1nc(NCC2CCCCC2)c2[nH]c[nH+]c2n1. The number of H-pyrrole nitrogens is 2. The van der Waals surface area contributed by atoms with E-state index in [9.17, 15) is 4.39 Å². The second-order valence-corrected chi connectivity index (χ2v) is 4.88. The molecular weight excluding hydrogens is 233 g/mol. The molecule has 3 N–H and O–H groups in total. The topological polar surface area (TPSA) is 67.7 Å². The zero-order chi connectivity index (χ0) is 12.4. The van der Waals surface area contributed by atoms with Crippen LogP contribution in [0.1, 0.15) is 32.1 Å². The number of nitrogens with one attached hydrogen (secondary N) is 3. The van der Waals surface area contributed by atoms with E-state index in [0.717, 1.165) is 12.1 Å². The van der Waals surface area contributed by atoms with Gasteiger partial charge < -0.3 is 5.32 Å². The number of nitrogens with zero attached hydrogens (tertiary/aromatic N) is 2. The Balaban J connectivity index is 1.75. The minimum Gasteiger partial charge on any atom is -0.366 e. The first kappa shape index (κ1) is 11.4. The molecule has 1 aliphatic carbocycles. The van der Waals surface area contributed by atoms with Crippen LogP contribution < -0.4 is 10.3 Å². The van der Waals surface area contributed by atoms with Crippen molar-refractivity contribution in [2.75, 3.05) is 11.9 Å². The Morgan fingerprint density at radius 3 is 3.00 bits per heavy atom. The first-order valence-electron chi connectivity index (χ1n) is 6.49. The van der Waals surface area contributed by atoms with E-state index < -0.39 is 6.08 Å². The van der Waals surface area contributed by atoms with Crippen LogP contribution in [0.15, 0.2) is 6.33 Å². The van der Waals surface area contributed by atoms with Crippen molar-refractivity contribution >= 4 is 17.0 Å². The van der Waals surface area contributed by atoms with E-state index in [4.69, 9.17) is 0 Å². The van der Waals surface area contributed by atoms with Crippen LogP contribution in [0.5, 0.6) is 0 Å². The van der Waals surface area contributed by atoms with Gasteiger partial charge in [-0.05, 0) is 23.7 Å². The van der Waals surface area contributed by atoms with E-state index in [-0.39, 0.29) is 0 Å². The fourth-order valence-corrected chi connectivity index (χ4v) is 2.61. The third-order valence-corrected chi connectivity index (χ3v) is 3.59. The summed E-state index contributed by atoms with van der Waals surface area (Å²) in [5.41, 5.74) is 1.22. The summed E-state index contributed by atoms with van der Waals surface area (Å²) in [5, 5.41) is 3.24. The highest BCUT2D eigenvalue weighted by Gasteiger charge is 2.18. The van der Waals surface area contributed by atoms with Gasteiger partial charge >= 0.3 is 11.7 Å². The minimum absolute atomic E-state index is 0.494. The van der Waals surface area contributed by atoms with Crippen LogP contribution in [0.2, 0.25) is 0 Å². The van der Waals surface area contributed by atoms with Gasteiger partial charge in [0.05, 0.1) is 0 Å². The molecule has 5 nitrogen and oxygen atoms in total. The minimum atomic E-state index is -0.704. The van der Waals surface area contributed by atoms with E-state index in [0.29, 0.717) is 17.4 Å². The number of rotatable bonds is 3. The molecule has 18 heavy (non-hydrogen) atoms. The maximum absolute atomic E-state index is 13.2. The molecule has 0 atom stereocenters. The van der Waals surface area contributed by atoms with Gasteiger partial charge in [-0.2, -0.15) is 4.98 Å². The molecular formula is C12H17FN5+. The zero-order valence-electron chi connectivity index (χ0n) is 10.2. The van der Waals surface area contributed by atoms with Crippen molar-refractivity contribution in [3.63, 3.8) is 0 Å². The number of imidazole rings is 1. The van der Waals surface area contributed by atoms with Crippen molar-refractivity contribution in [1.82, 2.24) is 15.0 Å². The Morgan fingerprint density at radius 2 is 2.17 bits per heavy atom. The Kier molecular flexibility index (Phi) is 3.08. The number of aromatic nitrogens is 4. The van der Waals surface area contributed by atoms with Crippen molar-refractivity contribution in [2.45, 2.75) is 32.1 Å². The molecule has 0 saturated heterocycles. The van der Waals surface area contributed by atoms with Gasteiger partial charge in [0.25, 0.3) is 0 Å². The largest absolute Gasteiger partial charge is 0.386 e. The number of anilines is 1. The molecule has 2 aromatic rings. The molecule has 1 saturated carbocycles. The molecule has 3 rings (SSSR count). The van der Waals surface area contributed by atoms with Crippen LogP contribution in [0, 0.1) is 12.0 Å². The number of hydrogen-bond acceptors (Lipinski definition) is 3. The predicted molar refractivity (Wildman–Crippen MR) is 65.5 cm³/mol. The lowest BCUT2D eigenvalue weighted by atomic mass is 9.89. The highest BCUT2D eigenvalue weighted by Crippen LogP contribution is 2.24. The second-order valence-electron chi connectivity index (χ2n) is 4.88. The molecule has 0 unspecified atom stereocenters. The molecule has 96 valence electrons. The van der Waals surface area contributed by atoms with Crippen molar-refractivity contribution in [3.8, 4) is 0 Å². The maximum atomic E-state index is 13.2. The molecule has 2 aromatic heterocycles.